The van der Waals surface area contributed by atoms with Crippen LogP contribution in [0.4, 0.5) is 13.2 Å². The van der Waals surface area contributed by atoms with Crippen molar-refractivity contribution >= 4 is 16.8 Å². The van der Waals surface area contributed by atoms with Gasteiger partial charge in [-0.05, 0) is 43.3 Å². The number of methoxy groups -OCH3 is 1. The van der Waals surface area contributed by atoms with Crippen LogP contribution in [0.25, 0.3) is 10.9 Å². The van der Waals surface area contributed by atoms with Crippen LogP contribution < -0.4 is 10.1 Å². The maximum atomic E-state index is 12.7. The molecule has 1 aromatic heterocycles. The lowest BCUT2D eigenvalue weighted by Gasteiger charge is -2.08. The standard InChI is InChI=1S/C22H17F3N2O2/c1-14-19(12-16-8-9-18(29-2)13-20(16)27-14)21(28)26-10-4-6-15-5-3-7-17(11-15)22(23,24)25/h3,5,7-9,11-13H,10H2,1-2H3,(H,26,28). The monoisotopic (exact) mass is 398 g/mol. The molecule has 0 unspecified atom stereocenters. The fraction of sp³-hybridized carbons (Fsp3) is 0.182. The van der Waals surface area contributed by atoms with E-state index >= 15 is 0 Å². The molecule has 0 saturated heterocycles. The number of hydrogen-bond acceptors (Lipinski definition) is 3. The summed E-state index contributed by atoms with van der Waals surface area (Å²) in [6.45, 7) is 1.72. The van der Waals surface area contributed by atoms with E-state index in [0.29, 0.717) is 22.5 Å². The normalized spacial score (nSPS) is 10.9. The summed E-state index contributed by atoms with van der Waals surface area (Å²) in [4.78, 5) is 16.9. The zero-order valence-corrected chi connectivity index (χ0v) is 15.7. The van der Waals surface area contributed by atoms with Crippen LogP contribution in [0.3, 0.4) is 0 Å². The van der Waals surface area contributed by atoms with Crippen molar-refractivity contribution in [2.45, 2.75) is 13.1 Å². The maximum Gasteiger partial charge on any atom is 0.416 e. The number of carbonyl (C=O) groups is 1. The third kappa shape index (κ3) is 4.85. The highest BCUT2D eigenvalue weighted by atomic mass is 19.4. The number of halogens is 3. The average Bonchev–Trinajstić information content (AvgIpc) is 2.69. The summed E-state index contributed by atoms with van der Waals surface area (Å²) in [5, 5.41) is 3.43. The number of hydrogen-bond donors (Lipinski definition) is 1. The van der Waals surface area contributed by atoms with Crippen LogP contribution in [-0.4, -0.2) is 24.5 Å². The van der Waals surface area contributed by atoms with Crippen LogP contribution in [0.2, 0.25) is 0 Å². The van der Waals surface area contributed by atoms with E-state index in [1.165, 1.54) is 12.1 Å². The van der Waals surface area contributed by atoms with E-state index in [4.69, 9.17) is 4.74 Å². The lowest BCUT2D eigenvalue weighted by atomic mass is 10.1. The second-order valence-electron chi connectivity index (χ2n) is 6.24. The SMILES string of the molecule is COc1ccc2cc(C(=O)NCC#Cc3cccc(C(F)(F)F)c3)c(C)nc2c1. The molecule has 3 rings (SSSR count). The number of rotatable bonds is 3. The molecule has 1 N–H and O–H groups in total. The Bertz CT molecular complexity index is 1130. The van der Waals surface area contributed by atoms with E-state index in [2.05, 4.69) is 22.1 Å². The van der Waals surface area contributed by atoms with Crippen molar-refractivity contribution in [2.24, 2.45) is 0 Å². The Labute approximate surface area is 165 Å². The van der Waals surface area contributed by atoms with E-state index < -0.39 is 11.7 Å². The number of amides is 1. The molecule has 0 spiro atoms. The Morgan fingerprint density at radius 2 is 1.97 bits per heavy atom. The first-order valence-electron chi connectivity index (χ1n) is 8.67. The number of alkyl halides is 3. The quantitative estimate of drug-likeness (QED) is 0.668. The lowest BCUT2D eigenvalue weighted by molar-refractivity contribution is -0.137. The molecule has 0 radical (unpaired) electrons. The minimum atomic E-state index is -4.42. The summed E-state index contributed by atoms with van der Waals surface area (Å²) < 4.78 is 43.3. The predicted molar refractivity (Wildman–Crippen MR) is 104 cm³/mol. The second-order valence-corrected chi connectivity index (χ2v) is 6.24. The van der Waals surface area contributed by atoms with Gasteiger partial charge in [0.05, 0.1) is 36.0 Å². The van der Waals surface area contributed by atoms with Gasteiger partial charge < -0.3 is 10.1 Å². The molecule has 148 valence electrons. The van der Waals surface area contributed by atoms with Crippen LogP contribution in [0.5, 0.6) is 5.75 Å². The van der Waals surface area contributed by atoms with Gasteiger partial charge in [0.2, 0.25) is 0 Å². The van der Waals surface area contributed by atoms with E-state index in [1.54, 1.807) is 32.2 Å². The second kappa shape index (κ2) is 8.23. The van der Waals surface area contributed by atoms with Gasteiger partial charge in [0.1, 0.15) is 5.75 Å². The molecular weight excluding hydrogens is 381 g/mol. The molecule has 4 nitrogen and oxygen atoms in total. The summed E-state index contributed by atoms with van der Waals surface area (Å²) in [6.07, 6.45) is -4.42. The van der Waals surface area contributed by atoms with E-state index in [1.807, 2.05) is 6.07 Å². The number of benzene rings is 2. The van der Waals surface area contributed by atoms with Gasteiger partial charge in [0, 0.05) is 17.0 Å². The highest BCUT2D eigenvalue weighted by Crippen LogP contribution is 2.29. The van der Waals surface area contributed by atoms with Crippen molar-refractivity contribution in [1.29, 1.82) is 0 Å². The van der Waals surface area contributed by atoms with Crippen LogP contribution in [0.15, 0.2) is 48.5 Å². The third-order valence-corrected chi connectivity index (χ3v) is 4.22. The zero-order chi connectivity index (χ0) is 21.0. The van der Waals surface area contributed by atoms with E-state index in [9.17, 15) is 18.0 Å². The number of ether oxygens (including phenoxy) is 1. The highest BCUT2D eigenvalue weighted by molar-refractivity contribution is 5.98. The van der Waals surface area contributed by atoms with Gasteiger partial charge in [0.25, 0.3) is 5.91 Å². The van der Waals surface area contributed by atoms with Gasteiger partial charge in [-0.1, -0.05) is 17.9 Å². The number of aromatic nitrogens is 1. The Morgan fingerprint density at radius 3 is 2.69 bits per heavy atom. The van der Waals surface area contributed by atoms with Crippen molar-refractivity contribution in [2.75, 3.05) is 13.7 Å². The molecule has 1 heterocycles. The topological polar surface area (TPSA) is 51.2 Å². The first kappa shape index (κ1) is 20.2. The summed E-state index contributed by atoms with van der Waals surface area (Å²) >= 11 is 0. The molecule has 0 atom stereocenters. The Kier molecular flexibility index (Phi) is 5.74. The van der Waals surface area contributed by atoms with Gasteiger partial charge in [-0.3, -0.25) is 9.78 Å². The first-order valence-corrected chi connectivity index (χ1v) is 8.67. The number of nitrogens with one attached hydrogen (secondary N) is 1. The van der Waals surface area contributed by atoms with Gasteiger partial charge in [-0.15, -0.1) is 0 Å². The van der Waals surface area contributed by atoms with Crippen LogP contribution in [-0.2, 0) is 6.18 Å². The summed E-state index contributed by atoms with van der Waals surface area (Å²) in [5.41, 5.74) is 1.13. The van der Waals surface area contributed by atoms with Crippen molar-refractivity contribution in [3.05, 3.63) is 70.9 Å². The molecule has 0 bridgehead atoms. The highest BCUT2D eigenvalue weighted by Gasteiger charge is 2.30. The van der Waals surface area contributed by atoms with Gasteiger partial charge >= 0.3 is 6.18 Å². The van der Waals surface area contributed by atoms with Gasteiger partial charge in [-0.25, -0.2) is 0 Å². The number of pyridine rings is 1. The molecule has 0 saturated carbocycles. The fourth-order valence-corrected chi connectivity index (χ4v) is 2.74. The smallest absolute Gasteiger partial charge is 0.416 e. The molecule has 1 amide bonds. The molecule has 29 heavy (non-hydrogen) atoms. The predicted octanol–water partition coefficient (Wildman–Crippen LogP) is 4.35. The summed E-state index contributed by atoms with van der Waals surface area (Å²) in [5.74, 6) is 5.61. The van der Waals surface area contributed by atoms with Crippen molar-refractivity contribution < 1.29 is 22.7 Å². The molecule has 3 aromatic rings. The maximum absolute atomic E-state index is 12.7. The molecule has 0 fully saturated rings. The molecule has 0 aliphatic carbocycles. The van der Waals surface area contributed by atoms with E-state index in [-0.39, 0.29) is 18.0 Å². The first-order chi connectivity index (χ1) is 13.8. The Morgan fingerprint density at radius 1 is 1.17 bits per heavy atom. The van der Waals surface area contributed by atoms with Crippen LogP contribution >= 0.6 is 0 Å². The molecule has 7 heteroatoms. The average molecular weight is 398 g/mol. The lowest BCUT2D eigenvalue weighted by Crippen LogP contribution is -2.24. The van der Waals surface area contributed by atoms with Crippen molar-refractivity contribution in [1.82, 2.24) is 10.3 Å². The van der Waals surface area contributed by atoms with Gasteiger partial charge in [-0.2, -0.15) is 13.2 Å². The number of carbonyl (C=O) groups excluding carboxylic acids is 1. The summed E-state index contributed by atoms with van der Waals surface area (Å²) in [7, 11) is 1.57. The van der Waals surface area contributed by atoms with Crippen molar-refractivity contribution in [3.8, 4) is 17.6 Å². The minimum Gasteiger partial charge on any atom is -0.497 e. The van der Waals surface area contributed by atoms with Crippen molar-refractivity contribution in [3.63, 3.8) is 0 Å². The molecular formula is C22H17F3N2O2. The number of aryl methyl sites for hydroxylation is 1. The zero-order valence-electron chi connectivity index (χ0n) is 15.7. The fourth-order valence-electron chi connectivity index (χ4n) is 2.74. The third-order valence-electron chi connectivity index (χ3n) is 4.22. The number of fused-ring (bicyclic) bond motifs is 1. The molecule has 0 aliphatic rings. The van der Waals surface area contributed by atoms with Crippen LogP contribution in [0.1, 0.15) is 27.2 Å². The Balaban J connectivity index is 1.71. The Hall–Kier alpha value is -3.53. The largest absolute Gasteiger partial charge is 0.497 e. The minimum absolute atomic E-state index is 0.00479. The van der Waals surface area contributed by atoms with Gasteiger partial charge in [0.15, 0.2) is 0 Å². The molecule has 2 aromatic carbocycles. The number of nitrogens with zero attached hydrogens (tertiary/aromatic N) is 1. The summed E-state index contributed by atoms with van der Waals surface area (Å²) in [6, 6.07) is 11.8. The van der Waals surface area contributed by atoms with E-state index in [0.717, 1.165) is 17.5 Å². The van der Waals surface area contributed by atoms with Crippen LogP contribution in [0, 0.1) is 18.8 Å². The molecule has 0 aliphatic heterocycles.